The molecule has 1 atom stereocenters. The Labute approximate surface area is 169 Å². The quantitative estimate of drug-likeness (QED) is 0.570. The lowest BCUT2D eigenvalue weighted by Crippen LogP contribution is -3.08. The Morgan fingerprint density at radius 2 is 1.93 bits per heavy atom. The summed E-state index contributed by atoms with van der Waals surface area (Å²) in [6.07, 6.45) is 0. The molecule has 29 heavy (non-hydrogen) atoms. The summed E-state index contributed by atoms with van der Waals surface area (Å²) in [7, 11) is 3.47. The van der Waals surface area contributed by atoms with Crippen LogP contribution in [-0.2, 0) is 16.1 Å². The van der Waals surface area contributed by atoms with Crippen molar-refractivity contribution in [3.05, 3.63) is 59.9 Å². The van der Waals surface area contributed by atoms with E-state index in [0.29, 0.717) is 23.6 Å². The number of hydrogen-bond donors (Lipinski definition) is 2. The predicted octanol–water partition coefficient (Wildman–Crippen LogP) is 2.27. The molecule has 0 aliphatic carbocycles. The van der Waals surface area contributed by atoms with Crippen molar-refractivity contribution in [2.24, 2.45) is 0 Å². The lowest BCUT2D eigenvalue weighted by Gasteiger charge is -2.14. The molecule has 0 bridgehead atoms. The van der Waals surface area contributed by atoms with Gasteiger partial charge in [-0.2, -0.15) is 0 Å². The third-order valence-electron chi connectivity index (χ3n) is 4.45. The number of para-hydroxylation sites is 1. The average Bonchev–Trinajstić information content (AvgIpc) is 3.06. The average molecular weight is 397 g/mol. The second-order valence-corrected chi connectivity index (χ2v) is 6.72. The summed E-state index contributed by atoms with van der Waals surface area (Å²) in [4.78, 5) is 25.7. The first-order chi connectivity index (χ1) is 14.0. The normalized spacial score (nSPS) is 11.8. The zero-order valence-corrected chi connectivity index (χ0v) is 16.8. The molecule has 0 saturated heterocycles. The maximum Gasteiger partial charge on any atom is 0.374 e. The van der Waals surface area contributed by atoms with Crippen LogP contribution in [0.25, 0.3) is 11.0 Å². The van der Waals surface area contributed by atoms with Gasteiger partial charge >= 0.3 is 5.97 Å². The molecule has 1 heterocycles. The van der Waals surface area contributed by atoms with Crippen molar-refractivity contribution in [3.63, 3.8) is 0 Å². The maximum atomic E-state index is 12.4. The number of methoxy groups -OCH3 is 1. The van der Waals surface area contributed by atoms with Crippen molar-refractivity contribution in [1.29, 1.82) is 0 Å². The highest BCUT2D eigenvalue weighted by molar-refractivity contribution is 5.96. The summed E-state index contributed by atoms with van der Waals surface area (Å²) in [6, 6.07) is 14.6. The number of likely N-dealkylation sites (N-methyl/N-ethyl adjacent to an activating group) is 1. The number of furan rings is 1. The Morgan fingerprint density at radius 1 is 1.14 bits per heavy atom. The number of nitrogens with one attached hydrogen (secondary N) is 2. The Balaban J connectivity index is 1.73. The van der Waals surface area contributed by atoms with Crippen LogP contribution in [0.2, 0.25) is 0 Å². The van der Waals surface area contributed by atoms with Crippen LogP contribution in [-0.4, -0.2) is 39.2 Å². The third kappa shape index (κ3) is 4.94. The van der Waals surface area contributed by atoms with Crippen molar-refractivity contribution >= 4 is 28.5 Å². The molecule has 0 spiro atoms. The summed E-state index contributed by atoms with van der Waals surface area (Å²) in [5, 5.41) is 3.72. The van der Waals surface area contributed by atoms with Gasteiger partial charge in [0, 0.05) is 17.1 Å². The molecule has 7 heteroatoms. The van der Waals surface area contributed by atoms with Gasteiger partial charge in [0.15, 0.2) is 6.54 Å². The van der Waals surface area contributed by atoms with Crippen LogP contribution < -0.4 is 15.0 Å². The van der Waals surface area contributed by atoms with E-state index in [9.17, 15) is 9.59 Å². The van der Waals surface area contributed by atoms with Gasteiger partial charge in [0.2, 0.25) is 5.76 Å². The molecular weight excluding hydrogens is 372 g/mol. The Morgan fingerprint density at radius 3 is 2.69 bits per heavy atom. The highest BCUT2D eigenvalue weighted by Gasteiger charge is 2.24. The number of carbonyl (C=O) groups is 2. The fourth-order valence-electron chi connectivity index (χ4n) is 3.18. The summed E-state index contributed by atoms with van der Waals surface area (Å²) >= 11 is 0. The number of esters is 1. The number of hydrogen-bond acceptors (Lipinski definition) is 5. The predicted molar refractivity (Wildman–Crippen MR) is 109 cm³/mol. The second kappa shape index (κ2) is 9.25. The number of benzene rings is 2. The largest absolute Gasteiger partial charge is 0.497 e. The van der Waals surface area contributed by atoms with E-state index in [1.54, 1.807) is 26.2 Å². The molecule has 0 aliphatic rings. The van der Waals surface area contributed by atoms with Crippen molar-refractivity contribution < 1.29 is 28.4 Å². The molecule has 1 aromatic heterocycles. The molecule has 0 fully saturated rings. The van der Waals surface area contributed by atoms with Crippen LogP contribution in [0.1, 0.15) is 23.0 Å². The summed E-state index contributed by atoms with van der Waals surface area (Å²) in [5.74, 6) is 0.238. The standard InChI is InChI=1S/C22H24N2O5/c1-4-28-22(26)21-18(17-10-5-6-11-19(17)29-21)13-24(2)14-20(25)23-15-8-7-9-16(12-15)27-3/h5-12H,4,13-14H2,1-3H3,(H,23,25)/p+1. The third-order valence-corrected chi connectivity index (χ3v) is 4.45. The smallest absolute Gasteiger partial charge is 0.374 e. The summed E-state index contributed by atoms with van der Waals surface area (Å²) < 4.78 is 16.0. The van der Waals surface area contributed by atoms with E-state index < -0.39 is 5.97 Å². The van der Waals surface area contributed by atoms with Crippen molar-refractivity contribution in [2.75, 3.05) is 32.6 Å². The van der Waals surface area contributed by atoms with Gasteiger partial charge in [-0.25, -0.2) is 4.79 Å². The molecule has 0 aliphatic heterocycles. The minimum atomic E-state index is -0.493. The molecule has 0 radical (unpaired) electrons. The molecule has 152 valence electrons. The van der Waals surface area contributed by atoms with Crippen molar-refractivity contribution in [1.82, 2.24) is 0 Å². The van der Waals surface area contributed by atoms with E-state index in [1.165, 1.54) is 0 Å². The van der Waals surface area contributed by atoms with Gasteiger partial charge in [0.25, 0.3) is 5.91 Å². The van der Waals surface area contributed by atoms with Crippen LogP contribution >= 0.6 is 0 Å². The summed E-state index contributed by atoms with van der Waals surface area (Å²) in [6.45, 7) is 2.68. The van der Waals surface area contributed by atoms with Crippen molar-refractivity contribution in [2.45, 2.75) is 13.5 Å². The van der Waals surface area contributed by atoms with Gasteiger partial charge in [-0.15, -0.1) is 0 Å². The molecule has 7 nitrogen and oxygen atoms in total. The van der Waals surface area contributed by atoms with E-state index in [2.05, 4.69) is 5.32 Å². The number of carbonyl (C=O) groups excluding carboxylic acids is 2. The minimum absolute atomic E-state index is 0.138. The Kier molecular flexibility index (Phi) is 6.51. The van der Waals surface area contributed by atoms with Gasteiger partial charge in [0.05, 0.1) is 26.3 Å². The van der Waals surface area contributed by atoms with Gasteiger partial charge in [0.1, 0.15) is 17.9 Å². The van der Waals surface area contributed by atoms with E-state index in [-0.39, 0.29) is 24.8 Å². The van der Waals surface area contributed by atoms with Gasteiger partial charge < -0.3 is 24.1 Å². The van der Waals surface area contributed by atoms with Crippen LogP contribution in [0.3, 0.4) is 0 Å². The molecule has 0 saturated carbocycles. The number of amides is 1. The zero-order valence-electron chi connectivity index (χ0n) is 16.8. The lowest BCUT2D eigenvalue weighted by molar-refractivity contribution is -0.885. The summed E-state index contributed by atoms with van der Waals surface area (Å²) in [5.41, 5.74) is 2.04. The lowest BCUT2D eigenvalue weighted by atomic mass is 10.1. The molecule has 1 unspecified atom stereocenters. The van der Waals surface area contributed by atoms with Crippen LogP contribution in [0.15, 0.2) is 52.9 Å². The van der Waals surface area contributed by atoms with E-state index in [0.717, 1.165) is 15.8 Å². The maximum absolute atomic E-state index is 12.4. The molecule has 2 aromatic carbocycles. The molecule has 3 rings (SSSR count). The topological polar surface area (TPSA) is 82.2 Å². The molecule has 1 amide bonds. The molecular formula is C22H25N2O5+. The first kappa shape index (κ1) is 20.4. The highest BCUT2D eigenvalue weighted by Crippen LogP contribution is 2.26. The number of fused-ring (bicyclic) bond motifs is 1. The highest BCUT2D eigenvalue weighted by atomic mass is 16.5. The van der Waals surface area contributed by atoms with E-state index in [1.807, 2.05) is 43.4 Å². The van der Waals surface area contributed by atoms with Gasteiger partial charge in [-0.05, 0) is 25.1 Å². The SMILES string of the molecule is CCOC(=O)c1oc2ccccc2c1C[NH+](C)CC(=O)Nc1cccc(OC)c1. The van der Waals surface area contributed by atoms with Crippen LogP contribution in [0, 0.1) is 0 Å². The van der Waals surface area contributed by atoms with Crippen LogP contribution in [0.5, 0.6) is 5.75 Å². The number of ether oxygens (including phenoxy) is 2. The first-order valence-electron chi connectivity index (χ1n) is 9.44. The van der Waals surface area contributed by atoms with E-state index >= 15 is 0 Å². The fourth-order valence-corrected chi connectivity index (χ4v) is 3.18. The van der Waals surface area contributed by atoms with E-state index in [4.69, 9.17) is 13.9 Å². The van der Waals surface area contributed by atoms with Gasteiger partial charge in [-0.1, -0.05) is 24.3 Å². The van der Waals surface area contributed by atoms with Crippen molar-refractivity contribution in [3.8, 4) is 5.75 Å². The monoisotopic (exact) mass is 397 g/mol. The fraction of sp³-hybridized carbons (Fsp3) is 0.273. The molecule has 2 N–H and O–H groups in total. The Bertz CT molecular complexity index is 1010. The second-order valence-electron chi connectivity index (χ2n) is 6.72. The minimum Gasteiger partial charge on any atom is -0.497 e. The number of quaternary nitrogens is 1. The van der Waals surface area contributed by atoms with Gasteiger partial charge in [-0.3, -0.25) is 4.79 Å². The number of rotatable bonds is 8. The first-order valence-corrected chi connectivity index (χ1v) is 9.44. The van der Waals surface area contributed by atoms with Crippen LogP contribution in [0.4, 0.5) is 5.69 Å². The Hall–Kier alpha value is -3.32. The zero-order chi connectivity index (χ0) is 20.8. The molecule has 3 aromatic rings. The number of anilines is 1.